The molecule has 2 aliphatic rings. The van der Waals surface area contributed by atoms with E-state index in [9.17, 15) is 4.79 Å². The van der Waals surface area contributed by atoms with Crippen LogP contribution in [0.3, 0.4) is 0 Å². The summed E-state index contributed by atoms with van der Waals surface area (Å²) in [5, 5.41) is 4.65. The third kappa shape index (κ3) is 4.00. The van der Waals surface area contributed by atoms with Crippen molar-refractivity contribution < 1.29 is 14.3 Å². The fraction of sp³-hybridized carbons (Fsp3) is 0.333. The van der Waals surface area contributed by atoms with E-state index < -0.39 is 0 Å². The number of carbonyl (C=O) groups excluding carboxylic acids is 1. The van der Waals surface area contributed by atoms with Crippen molar-refractivity contribution in [2.24, 2.45) is 0 Å². The van der Waals surface area contributed by atoms with E-state index in [0.717, 1.165) is 52.7 Å². The lowest BCUT2D eigenvalue weighted by Crippen LogP contribution is -2.48. The van der Waals surface area contributed by atoms with E-state index in [1.807, 2.05) is 59.8 Å². The number of aromatic nitrogens is 2. The van der Waals surface area contributed by atoms with Gasteiger partial charge in [0.05, 0.1) is 22.6 Å². The zero-order valence-electron chi connectivity index (χ0n) is 18.2. The number of carbonyl (C=O) groups is 1. The van der Waals surface area contributed by atoms with Crippen molar-refractivity contribution in [2.45, 2.75) is 20.4 Å². The van der Waals surface area contributed by atoms with E-state index >= 15 is 0 Å². The summed E-state index contributed by atoms with van der Waals surface area (Å²) < 4.78 is 13.7. The molecule has 0 unspecified atom stereocenters. The van der Waals surface area contributed by atoms with E-state index in [2.05, 4.69) is 32.0 Å². The van der Waals surface area contributed by atoms with Gasteiger partial charge in [0.25, 0.3) is 5.91 Å². The molecule has 0 radical (unpaired) electrons. The maximum atomic E-state index is 13.3. The molecule has 2 aliphatic heterocycles. The van der Waals surface area contributed by atoms with Crippen molar-refractivity contribution >= 4 is 21.8 Å². The molecule has 1 fully saturated rings. The standard InChI is InChI=1S/C24H25BrN4O3/c1-16-23(17(2)29(26-16)20-6-4-19(25)5-7-20)24(30)28-11-9-27(10-12-28)14-18-3-8-21-22(13-18)32-15-31-21/h3-8,13H,9-12,14-15H2,1-2H3. The highest BCUT2D eigenvalue weighted by Gasteiger charge is 2.27. The Morgan fingerprint density at radius 2 is 1.72 bits per heavy atom. The predicted molar refractivity (Wildman–Crippen MR) is 124 cm³/mol. The number of piperazine rings is 1. The zero-order valence-corrected chi connectivity index (χ0v) is 19.8. The summed E-state index contributed by atoms with van der Waals surface area (Å²) in [6, 6.07) is 14.0. The van der Waals surface area contributed by atoms with Crippen LogP contribution in [-0.2, 0) is 6.54 Å². The van der Waals surface area contributed by atoms with Gasteiger partial charge in [0.2, 0.25) is 6.79 Å². The highest BCUT2D eigenvalue weighted by Crippen LogP contribution is 2.33. The molecule has 1 amide bonds. The number of nitrogens with zero attached hydrogens (tertiary/aromatic N) is 4. The van der Waals surface area contributed by atoms with Crippen molar-refractivity contribution in [3.05, 3.63) is 69.5 Å². The number of aryl methyl sites for hydroxylation is 1. The van der Waals surface area contributed by atoms with E-state index in [0.29, 0.717) is 18.7 Å². The van der Waals surface area contributed by atoms with Gasteiger partial charge in [-0.3, -0.25) is 9.69 Å². The van der Waals surface area contributed by atoms with Gasteiger partial charge >= 0.3 is 0 Å². The van der Waals surface area contributed by atoms with Crippen LogP contribution in [0.2, 0.25) is 0 Å². The third-order valence-electron chi connectivity index (χ3n) is 6.08. The highest BCUT2D eigenvalue weighted by molar-refractivity contribution is 9.10. The van der Waals surface area contributed by atoms with Crippen LogP contribution in [-0.4, -0.2) is 58.5 Å². The molecule has 3 aromatic rings. The second kappa shape index (κ2) is 8.60. The van der Waals surface area contributed by atoms with Crippen LogP contribution < -0.4 is 9.47 Å². The minimum atomic E-state index is 0.0612. The van der Waals surface area contributed by atoms with Gasteiger partial charge in [-0.2, -0.15) is 5.10 Å². The Morgan fingerprint density at radius 3 is 2.47 bits per heavy atom. The lowest BCUT2D eigenvalue weighted by atomic mass is 10.1. The second-order valence-electron chi connectivity index (χ2n) is 8.19. The molecule has 2 aromatic carbocycles. The average Bonchev–Trinajstić information content (AvgIpc) is 3.38. The SMILES string of the molecule is Cc1nn(-c2ccc(Br)cc2)c(C)c1C(=O)N1CCN(Cc2ccc3c(c2)OCO3)CC1. The molecule has 7 nitrogen and oxygen atoms in total. The average molecular weight is 497 g/mol. The minimum Gasteiger partial charge on any atom is -0.454 e. The molecule has 0 N–H and O–H groups in total. The third-order valence-corrected chi connectivity index (χ3v) is 6.61. The first kappa shape index (κ1) is 21.0. The number of amides is 1. The highest BCUT2D eigenvalue weighted by atomic mass is 79.9. The molecule has 0 bridgehead atoms. The maximum absolute atomic E-state index is 13.3. The van der Waals surface area contributed by atoms with Crippen molar-refractivity contribution in [3.8, 4) is 17.2 Å². The molecule has 0 saturated carbocycles. The molecule has 1 saturated heterocycles. The fourth-order valence-corrected chi connectivity index (χ4v) is 4.61. The molecule has 32 heavy (non-hydrogen) atoms. The van der Waals surface area contributed by atoms with Gasteiger partial charge in [-0.25, -0.2) is 4.68 Å². The van der Waals surface area contributed by atoms with Crippen LogP contribution in [0.1, 0.15) is 27.3 Å². The first-order chi connectivity index (χ1) is 15.5. The minimum absolute atomic E-state index is 0.0612. The number of hydrogen-bond acceptors (Lipinski definition) is 5. The molecule has 0 atom stereocenters. The predicted octanol–water partition coefficient (Wildman–Crippen LogP) is 3.94. The molecule has 0 aliphatic carbocycles. The summed E-state index contributed by atoms with van der Waals surface area (Å²) in [6.07, 6.45) is 0. The molecule has 0 spiro atoms. The summed E-state index contributed by atoms with van der Waals surface area (Å²) in [4.78, 5) is 17.7. The smallest absolute Gasteiger partial charge is 0.257 e. The number of ether oxygens (including phenoxy) is 2. The monoisotopic (exact) mass is 496 g/mol. The summed E-state index contributed by atoms with van der Waals surface area (Å²) in [5.74, 6) is 1.68. The number of fused-ring (bicyclic) bond motifs is 1. The molecule has 166 valence electrons. The summed E-state index contributed by atoms with van der Waals surface area (Å²) in [7, 11) is 0. The van der Waals surface area contributed by atoms with Gasteiger partial charge in [0.1, 0.15) is 0 Å². The first-order valence-electron chi connectivity index (χ1n) is 10.7. The number of halogens is 1. The summed E-state index contributed by atoms with van der Waals surface area (Å²) in [5.41, 5.74) is 4.48. The summed E-state index contributed by atoms with van der Waals surface area (Å²) in [6.45, 7) is 8.06. The Labute approximate surface area is 195 Å². The van der Waals surface area contributed by atoms with Crippen molar-refractivity contribution in [3.63, 3.8) is 0 Å². The molecular formula is C24H25BrN4O3. The Kier molecular flexibility index (Phi) is 5.65. The Balaban J connectivity index is 1.25. The van der Waals surface area contributed by atoms with Gasteiger partial charge in [0.15, 0.2) is 11.5 Å². The van der Waals surface area contributed by atoms with Gasteiger partial charge in [-0.1, -0.05) is 22.0 Å². The maximum Gasteiger partial charge on any atom is 0.257 e. The van der Waals surface area contributed by atoms with Gasteiger partial charge < -0.3 is 14.4 Å². The number of rotatable bonds is 4. The normalized spacial score (nSPS) is 15.9. The van der Waals surface area contributed by atoms with Crippen LogP contribution in [0.5, 0.6) is 11.5 Å². The Hall–Kier alpha value is -2.84. The van der Waals surface area contributed by atoms with Gasteiger partial charge in [-0.15, -0.1) is 0 Å². The molecular weight excluding hydrogens is 472 g/mol. The van der Waals surface area contributed by atoms with Crippen LogP contribution in [0.4, 0.5) is 0 Å². The number of benzene rings is 2. The van der Waals surface area contributed by atoms with Crippen LogP contribution >= 0.6 is 15.9 Å². The summed E-state index contributed by atoms with van der Waals surface area (Å²) >= 11 is 3.46. The lowest BCUT2D eigenvalue weighted by molar-refractivity contribution is 0.0627. The Bertz CT molecular complexity index is 1150. The van der Waals surface area contributed by atoms with Crippen molar-refractivity contribution in [1.82, 2.24) is 19.6 Å². The molecule has 3 heterocycles. The largest absolute Gasteiger partial charge is 0.454 e. The van der Waals surface area contributed by atoms with Crippen LogP contribution in [0.25, 0.3) is 5.69 Å². The van der Waals surface area contributed by atoms with E-state index in [1.54, 1.807) is 0 Å². The van der Waals surface area contributed by atoms with Crippen molar-refractivity contribution in [1.29, 1.82) is 0 Å². The Morgan fingerprint density at radius 1 is 1.00 bits per heavy atom. The fourth-order valence-electron chi connectivity index (χ4n) is 4.35. The van der Waals surface area contributed by atoms with E-state index in [1.165, 1.54) is 5.56 Å². The quantitative estimate of drug-likeness (QED) is 0.547. The van der Waals surface area contributed by atoms with Crippen molar-refractivity contribution in [2.75, 3.05) is 33.0 Å². The van der Waals surface area contributed by atoms with Crippen LogP contribution in [0, 0.1) is 13.8 Å². The molecule has 5 rings (SSSR count). The molecule has 8 heteroatoms. The topological polar surface area (TPSA) is 59.8 Å². The van der Waals surface area contributed by atoms with E-state index in [4.69, 9.17) is 9.47 Å². The first-order valence-corrected chi connectivity index (χ1v) is 11.5. The van der Waals surface area contributed by atoms with Gasteiger partial charge in [-0.05, 0) is 55.8 Å². The lowest BCUT2D eigenvalue weighted by Gasteiger charge is -2.34. The second-order valence-corrected chi connectivity index (χ2v) is 9.11. The van der Waals surface area contributed by atoms with E-state index in [-0.39, 0.29) is 12.7 Å². The van der Waals surface area contributed by atoms with Crippen LogP contribution in [0.15, 0.2) is 46.9 Å². The molecule has 1 aromatic heterocycles. The van der Waals surface area contributed by atoms with Gasteiger partial charge in [0, 0.05) is 37.2 Å². The number of hydrogen-bond donors (Lipinski definition) is 0. The zero-order chi connectivity index (χ0) is 22.2.